The van der Waals surface area contributed by atoms with Crippen LogP contribution in [0.5, 0.6) is 5.75 Å². The van der Waals surface area contributed by atoms with E-state index < -0.39 is 21.8 Å². The van der Waals surface area contributed by atoms with Crippen LogP contribution in [0, 0.1) is 0 Å². The van der Waals surface area contributed by atoms with Gasteiger partial charge in [-0.15, -0.1) is 11.3 Å². The van der Waals surface area contributed by atoms with Gasteiger partial charge in [0, 0.05) is 11.3 Å². The molecule has 3 rings (SSSR count). The lowest BCUT2D eigenvalue weighted by Gasteiger charge is -2.09. The van der Waals surface area contributed by atoms with E-state index in [1.807, 2.05) is 0 Å². The van der Waals surface area contributed by atoms with E-state index in [0.29, 0.717) is 5.69 Å². The summed E-state index contributed by atoms with van der Waals surface area (Å²) in [5.74, 6) is -1.49. The van der Waals surface area contributed by atoms with Crippen LogP contribution in [0.4, 0.5) is 5.69 Å². The zero-order valence-corrected chi connectivity index (χ0v) is 15.9. The summed E-state index contributed by atoms with van der Waals surface area (Å²) in [7, 11) is -3.67. The molecule has 0 aliphatic carbocycles. The molecule has 1 heterocycles. The first-order valence-corrected chi connectivity index (χ1v) is 10.3. The molecule has 1 aromatic heterocycles. The second kappa shape index (κ2) is 8.11. The molecule has 0 fully saturated rings. The van der Waals surface area contributed by atoms with Crippen molar-refractivity contribution >= 4 is 38.9 Å². The molecule has 0 bridgehead atoms. The minimum atomic E-state index is -3.67. The Morgan fingerprint density at radius 3 is 2.18 bits per heavy atom. The van der Waals surface area contributed by atoms with Gasteiger partial charge in [-0.3, -0.25) is 25.2 Å². The highest BCUT2D eigenvalue weighted by Gasteiger charge is 2.16. The molecule has 0 atom stereocenters. The summed E-state index contributed by atoms with van der Waals surface area (Å²) in [6, 6.07) is 14.7. The fourth-order valence-electron chi connectivity index (χ4n) is 2.23. The fourth-order valence-corrected chi connectivity index (χ4v) is 4.28. The van der Waals surface area contributed by atoms with Crippen molar-refractivity contribution in [3.63, 3.8) is 0 Å². The van der Waals surface area contributed by atoms with E-state index in [9.17, 15) is 23.1 Å². The SMILES string of the molecule is O=C(NNC(=O)c1ccccc1O)c1ccc(NS(=O)(=O)c2cccs2)cc1. The van der Waals surface area contributed by atoms with E-state index >= 15 is 0 Å². The molecule has 28 heavy (non-hydrogen) atoms. The monoisotopic (exact) mass is 417 g/mol. The number of carbonyl (C=O) groups is 2. The Bertz CT molecular complexity index is 1090. The molecule has 144 valence electrons. The normalized spacial score (nSPS) is 10.9. The zero-order valence-electron chi connectivity index (χ0n) is 14.2. The van der Waals surface area contributed by atoms with Gasteiger partial charge in [0.25, 0.3) is 21.8 Å². The number of amides is 2. The first-order chi connectivity index (χ1) is 13.4. The maximum atomic E-state index is 12.2. The molecule has 0 spiro atoms. The highest BCUT2D eigenvalue weighted by Crippen LogP contribution is 2.20. The van der Waals surface area contributed by atoms with Crippen LogP contribution in [-0.2, 0) is 10.0 Å². The van der Waals surface area contributed by atoms with Gasteiger partial charge in [-0.05, 0) is 47.8 Å². The van der Waals surface area contributed by atoms with E-state index in [-0.39, 0.29) is 21.1 Å². The second-order valence-electron chi connectivity index (χ2n) is 5.54. The first-order valence-electron chi connectivity index (χ1n) is 7.92. The van der Waals surface area contributed by atoms with Gasteiger partial charge in [0.2, 0.25) is 0 Å². The van der Waals surface area contributed by atoms with E-state index in [0.717, 1.165) is 11.3 Å². The van der Waals surface area contributed by atoms with Crippen molar-refractivity contribution in [2.24, 2.45) is 0 Å². The number of rotatable bonds is 5. The molecule has 8 nitrogen and oxygen atoms in total. The maximum Gasteiger partial charge on any atom is 0.273 e. The summed E-state index contributed by atoms with van der Waals surface area (Å²) < 4.78 is 26.9. The fraction of sp³-hybridized carbons (Fsp3) is 0. The van der Waals surface area contributed by atoms with Crippen LogP contribution >= 0.6 is 11.3 Å². The summed E-state index contributed by atoms with van der Waals surface area (Å²) in [5.41, 5.74) is 4.94. The number of nitrogens with one attached hydrogen (secondary N) is 3. The topological polar surface area (TPSA) is 125 Å². The molecule has 0 unspecified atom stereocenters. The maximum absolute atomic E-state index is 12.2. The smallest absolute Gasteiger partial charge is 0.273 e. The van der Waals surface area contributed by atoms with Crippen LogP contribution in [0.1, 0.15) is 20.7 Å². The molecule has 0 saturated carbocycles. The van der Waals surface area contributed by atoms with Crippen molar-refractivity contribution in [3.05, 3.63) is 77.2 Å². The Kier molecular flexibility index (Phi) is 5.62. The van der Waals surface area contributed by atoms with Crippen LogP contribution in [0.15, 0.2) is 70.3 Å². The number of hydrogen-bond donors (Lipinski definition) is 4. The Labute approximate surface area is 164 Å². The van der Waals surface area contributed by atoms with Crippen molar-refractivity contribution in [2.75, 3.05) is 4.72 Å². The van der Waals surface area contributed by atoms with E-state index in [4.69, 9.17) is 0 Å². The van der Waals surface area contributed by atoms with Crippen molar-refractivity contribution in [2.45, 2.75) is 4.21 Å². The summed E-state index contributed by atoms with van der Waals surface area (Å²) in [5, 5.41) is 11.3. The lowest BCUT2D eigenvalue weighted by molar-refractivity contribution is 0.0845. The number of para-hydroxylation sites is 1. The number of aromatic hydroxyl groups is 1. The Morgan fingerprint density at radius 2 is 1.54 bits per heavy atom. The number of carbonyl (C=O) groups excluding carboxylic acids is 2. The second-order valence-corrected chi connectivity index (χ2v) is 8.40. The van der Waals surface area contributed by atoms with Gasteiger partial charge in [0.1, 0.15) is 9.96 Å². The lowest BCUT2D eigenvalue weighted by Crippen LogP contribution is -2.41. The van der Waals surface area contributed by atoms with Crippen LogP contribution < -0.4 is 15.6 Å². The summed E-state index contributed by atoms with van der Waals surface area (Å²) >= 11 is 1.09. The van der Waals surface area contributed by atoms with Crippen LogP contribution in [-0.4, -0.2) is 25.3 Å². The number of sulfonamides is 1. The molecule has 0 radical (unpaired) electrons. The number of benzene rings is 2. The quantitative estimate of drug-likeness (QED) is 0.474. The van der Waals surface area contributed by atoms with E-state index in [2.05, 4.69) is 15.6 Å². The molecular formula is C18H15N3O5S2. The summed E-state index contributed by atoms with van der Waals surface area (Å²) in [6.45, 7) is 0. The molecule has 3 aromatic rings. The Balaban J connectivity index is 1.61. The minimum Gasteiger partial charge on any atom is -0.507 e. The van der Waals surface area contributed by atoms with Gasteiger partial charge in [-0.2, -0.15) is 0 Å². The highest BCUT2D eigenvalue weighted by molar-refractivity contribution is 7.94. The third-order valence-corrected chi connectivity index (χ3v) is 6.38. The first kappa shape index (κ1) is 19.4. The molecule has 2 aromatic carbocycles. The third-order valence-electron chi connectivity index (χ3n) is 3.60. The van der Waals surface area contributed by atoms with Crippen molar-refractivity contribution < 1.29 is 23.1 Å². The van der Waals surface area contributed by atoms with Crippen molar-refractivity contribution in [1.29, 1.82) is 0 Å². The predicted molar refractivity (Wildman–Crippen MR) is 105 cm³/mol. The van der Waals surface area contributed by atoms with E-state index in [1.165, 1.54) is 42.5 Å². The molecule has 0 saturated heterocycles. The zero-order chi connectivity index (χ0) is 20.1. The predicted octanol–water partition coefficient (Wildman–Crippen LogP) is 2.33. The summed E-state index contributed by atoms with van der Waals surface area (Å²) in [6.07, 6.45) is 0. The Morgan fingerprint density at radius 1 is 0.857 bits per heavy atom. The van der Waals surface area contributed by atoms with Crippen molar-refractivity contribution in [3.8, 4) is 5.75 Å². The van der Waals surface area contributed by atoms with Gasteiger partial charge < -0.3 is 5.11 Å². The molecular weight excluding hydrogens is 402 g/mol. The number of hydrazine groups is 1. The molecule has 2 amide bonds. The largest absolute Gasteiger partial charge is 0.507 e. The number of thiophene rings is 1. The molecule has 0 aliphatic heterocycles. The minimum absolute atomic E-state index is 0.0149. The van der Waals surface area contributed by atoms with Gasteiger partial charge in [0.15, 0.2) is 0 Å². The average Bonchev–Trinajstić information content (AvgIpc) is 3.22. The summed E-state index contributed by atoms with van der Waals surface area (Å²) in [4.78, 5) is 24.1. The molecule has 10 heteroatoms. The van der Waals surface area contributed by atoms with Gasteiger partial charge >= 0.3 is 0 Å². The number of anilines is 1. The Hall–Kier alpha value is -3.37. The average molecular weight is 417 g/mol. The van der Waals surface area contributed by atoms with Crippen molar-refractivity contribution in [1.82, 2.24) is 10.9 Å². The van der Waals surface area contributed by atoms with Gasteiger partial charge in [-0.1, -0.05) is 18.2 Å². The van der Waals surface area contributed by atoms with E-state index in [1.54, 1.807) is 23.6 Å². The number of hydrogen-bond acceptors (Lipinski definition) is 6. The molecule has 4 N–H and O–H groups in total. The van der Waals surface area contributed by atoms with Crippen LogP contribution in [0.2, 0.25) is 0 Å². The standard InChI is InChI=1S/C18H15N3O5S2/c22-15-5-2-1-4-14(15)18(24)20-19-17(23)12-7-9-13(10-8-12)21-28(25,26)16-6-3-11-27-16/h1-11,21-22H,(H,19,23)(H,20,24). The number of phenols is 1. The lowest BCUT2D eigenvalue weighted by atomic mass is 10.2. The van der Waals surface area contributed by atoms with Gasteiger partial charge in [-0.25, -0.2) is 8.42 Å². The molecule has 0 aliphatic rings. The van der Waals surface area contributed by atoms with Crippen LogP contribution in [0.3, 0.4) is 0 Å². The third kappa shape index (κ3) is 4.48. The van der Waals surface area contributed by atoms with Crippen LogP contribution in [0.25, 0.3) is 0 Å². The highest BCUT2D eigenvalue weighted by atomic mass is 32.2. The van der Waals surface area contributed by atoms with Gasteiger partial charge in [0.05, 0.1) is 5.56 Å². The number of phenolic OH excluding ortho intramolecular Hbond substituents is 1.